The van der Waals surface area contributed by atoms with E-state index in [9.17, 15) is 52.7 Å². The van der Waals surface area contributed by atoms with E-state index in [1.807, 2.05) is 0 Å². The van der Waals surface area contributed by atoms with Crippen LogP contribution in [0.15, 0.2) is 0 Å². The van der Waals surface area contributed by atoms with Gasteiger partial charge in [-0.3, -0.25) is 52.7 Å². The first-order valence-corrected chi connectivity index (χ1v) is 17.3. The van der Waals surface area contributed by atoms with Gasteiger partial charge in [-0.25, -0.2) is 0 Å². The topological polar surface area (TPSA) is 311 Å². The number of nitrogens with zero attached hydrogens (tertiary/aromatic N) is 1. The molecule has 2 aliphatic heterocycles. The number of carbonyl (C=O) groups excluding carboxylic acids is 11. The zero-order chi connectivity index (χ0) is 38.8. The number of carbonyl (C=O) groups is 11. The SMILES string of the molecule is O=C1CCNC(=O)CNC(=O)C2(CCCCC2)NC(=O)C2CCCN2C(=O)CNC(=O)CNC(=O)CNC(=O)CNC(=O)CNC(=O)CNC(=O)CN1. The second-order valence-corrected chi connectivity index (χ2v) is 12.6. The number of hydrogen-bond acceptors (Lipinski definition) is 11. The average molecular weight is 750 g/mol. The Hall–Kier alpha value is -5.83. The Morgan fingerprint density at radius 2 is 0.868 bits per heavy atom. The molecule has 10 N–H and O–H groups in total. The molecule has 0 aromatic heterocycles. The van der Waals surface area contributed by atoms with E-state index in [4.69, 9.17) is 0 Å². The second-order valence-electron chi connectivity index (χ2n) is 12.6. The van der Waals surface area contributed by atoms with Crippen molar-refractivity contribution in [3.8, 4) is 0 Å². The molecule has 22 nitrogen and oxygen atoms in total. The lowest BCUT2D eigenvalue weighted by Crippen LogP contribution is -2.63. The molecule has 53 heavy (non-hydrogen) atoms. The maximum Gasteiger partial charge on any atom is 0.246 e. The molecule has 3 rings (SSSR count). The lowest BCUT2D eigenvalue weighted by Gasteiger charge is -2.38. The average Bonchev–Trinajstić information content (AvgIpc) is 3.64. The summed E-state index contributed by atoms with van der Waals surface area (Å²) in [6.45, 7) is -3.89. The molecule has 3 aliphatic rings. The van der Waals surface area contributed by atoms with Gasteiger partial charge in [0.25, 0.3) is 0 Å². The van der Waals surface area contributed by atoms with E-state index in [1.54, 1.807) is 0 Å². The summed E-state index contributed by atoms with van der Waals surface area (Å²) in [7, 11) is 0. The van der Waals surface area contributed by atoms with Crippen molar-refractivity contribution in [2.24, 2.45) is 0 Å². The summed E-state index contributed by atoms with van der Waals surface area (Å²) >= 11 is 0. The molecular weight excluding hydrogens is 702 g/mol. The van der Waals surface area contributed by atoms with E-state index >= 15 is 0 Å². The van der Waals surface area contributed by atoms with Crippen LogP contribution in [0.1, 0.15) is 51.4 Å². The van der Waals surface area contributed by atoms with E-state index in [0.717, 1.165) is 6.42 Å². The van der Waals surface area contributed by atoms with E-state index in [-0.39, 0.29) is 19.5 Å². The van der Waals surface area contributed by atoms with Crippen molar-refractivity contribution in [1.29, 1.82) is 0 Å². The van der Waals surface area contributed by atoms with Gasteiger partial charge in [-0.05, 0) is 25.7 Å². The minimum atomic E-state index is -1.31. The number of amides is 11. The van der Waals surface area contributed by atoms with Crippen molar-refractivity contribution in [2.45, 2.75) is 62.9 Å². The third-order valence-corrected chi connectivity index (χ3v) is 8.58. The fraction of sp³-hybridized carbons (Fsp3) is 0.645. The van der Waals surface area contributed by atoms with Crippen LogP contribution in [0, 0.1) is 0 Å². The molecule has 292 valence electrons. The molecule has 1 spiro atoms. The van der Waals surface area contributed by atoms with Gasteiger partial charge in [-0.2, -0.15) is 0 Å². The summed E-state index contributed by atoms with van der Waals surface area (Å²) in [6.07, 6.45) is 3.37. The van der Waals surface area contributed by atoms with Gasteiger partial charge in [0.05, 0.1) is 52.4 Å². The first kappa shape index (κ1) is 41.6. The van der Waals surface area contributed by atoms with Crippen LogP contribution in [0.5, 0.6) is 0 Å². The van der Waals surface area contributed by atoms with Crippen molar-refractivity contribution < 1.29 is 52.7 Å². The first-order chi connectivity index (χ1) is 25.3. The van der Waals surface area contributed by atoms with Crippen molar-refractivity contribution >= 4 is 65.0 Å². The van der Waals surface area contributed by atoms with Gasteiger partial charge >= 0.3 is 0 Å². The maximum atomic E-state index is 13.5. The Labute approximate surface area is 304 Å². The Morgan fingerprint density at radius 3 is 1.36 bits per heavy atom. The van der Waals surface area contributed by atoms with Crippen molar-refractivity contribution in [3.63, 3.8) is 0 Å². The minimum absolute atomic E-state index is 0.114. The van der Waals surface area contributed by atoms with Crippen molar-refractivity contribution in [3.05, 3.63) is 0 Å². The van der Waals surface area contributed by atoms with Crippen molar-refractivity contribution in [1.82, 2.24) is 58.1 Å². The van der Waals surface area contributed by atoms with Gasteiger partial charge in [0, 0.05) is 19.5 Å². The van der Waals surface area contributed by atoms with Gasteiger partial charge in [0.2, 0.25) is 65.0 Å². The van der Waals surface area contributed by atoms with Crippen LogP contribution in [0.3, 0.4) is 0 Å². The van der Waals surface area contributed by atoms with Gasteiger partial charge in [-0.1, -0.05) is 19.3 Å². The fourth-order valence-electron chi connectivity index (χ4n) is 5.74. The largest absolute Gasteiger partial charge is 0.354 e. The smallest absolute Gasteiger partial charge is 0.246 e. The molecule has 11 amide bonds. The maximum absolute atomic E-state index is 13.5. The van der Waals surface area contributed by atoms with Crippen LogP contribution in [0.2, 0.25) is 0 Å². The van der Waals surface area contributed by atoms with E-state index in [0.29, 0.717) is 38.5 Å². The zero-order valence-corrected chi connectivity index (χ0v) is 29.2. The Bertz CT molecular complexity index is 1450. The molecule has 1 saturated carbocycles. The highest BCUT2D eigenvalue weighted by Crippen LogP contribution is 2.29. The molecule has 1 unspecified atom stereocenters. The van der Waals surface area contributed by atoms with Crippen LogP contribution in [0.25, 0.3) is 0 Å². The normalized spacial score (nSPS) is 23.6. The van der Waals surface area contributed by atoms with Crippen LogP contribution in [-0.4, -0.2) is 147 Å². The molecule has 0 radical (unpaired) electrons. The molecule has 1 aliphatic carbocycles. The summed E-state index contributed by atoms with van der Waals surface area (Å²) in [5, 5.41) is 23.8. The van der Waals surface area contributed by atoms with Crippen LogP contribution < -0.4 is 53.2 Å². The van der Waals surface area contributed by atoms with E-state index in [1.165, 1.54) is 4.90 Å². The standard InChI is InChI=1S/C31H47N11O11/c43-20-6-9-32-21(44)17-40-30(53)31(7-2-1-3-8-31)41-29(52)19-5-4-10-42(19)28(51)18-39-27(50)16-38-26(49)15-37-25(48)14-36-24(47)13-35-23(46)12-34-22(45)11-33-20/h19H,1-18H2,(H,32,44)(H,33,43)(H,34,45)(H,35,46)(H,36,47)(H,37,48)(H,38,49)(H,39,50)(H,40,53)(H,41,52). The number of fused-ring (bicyclic) bond motifs is 1. The predicted molar refractivity (Wildman–Crippen MR) is 180 cm³/mol. The monoisotopic (exact) mass is 749 g/mol. The lowest BCUT2D eigenvalue weighted by atomic mass is 9.80. The summed E-state index contributed by atoms with van der Waals surface area (Å²) < 4.78 is 0. The van der Waals surface area contributed by atoms with E-state index < -0.39 is 129 Å². The highest BCUT2D eigenvalue weighted by molar-refractivity contribution is 5.97. The van der Waals surface area contributed by atoms with Crippen LogP contribution in [0.4, 0.5) is 0 Å². The molecule has 0 aromatic carbocycles. The zero-order valence-electron chi connectivity index (χ0n) is 29.2. The lowest BCUT2D eigenvalue weighted by molar-refractivity contribution is -0.142. The van der Waals surface area contributed by atoms with Gasteiger partial charge in [0.15, 0.2) is 0 Å². The summed E-state index contributed by atoms with van der Waals surface area (Å²) in [4.78, 5) is 138. The van der Waals surface area contributed by atoms with Crippen LogP contribution in [-0.2, 0) is 52.7 Å². The minimum Gasteiger partial charge on any atom is -0.354 e. The highest BCUT2D eigenvalue weighted by atomic mass is 16.2. The first-order valence-electron chi connectivity index (χ1n) is 17.3. The molecule has 2 saturated heterocycles. The summed E-state index contributed by atoms with van der Waals surface area (Å²) in [5.41, 5.74) is -1.31. The van der Waals surface area contributed by atoms with Crippen LogP contribution >= 0.6 is 0 Å². The van der Waals surface area contributed by atoms with Gasteiger partial charge in [0.1, 0.15) is 11.6 Å². The Balaban J connectivity index is 1.61. The van der Waals surface area contributed by atoms with Gasteiger partial charge in [-0.15, -0.1) is 0 Å². The summed E-state index contributed by atoms with van der Waals surface area (Å²) in [6, 6.07) is -0.902. The molecule has 0 aromatic rings. The molecule has 2 heterocycles. The third-order valence-electron chi connectivity index (χ3n) is 8.58. The molecule has 3 fully saturated rings. The fourth-order valence-corrected chi connectivity index (χ4v) is 5.74. The number of hydrogen-bond donors (Lipinski definition) is 10. The molecule has 1 atom stereocenters. The second kappa shape index (κ2) is 20.9. The third kappa shape index (κ3) is 14.4. The molecule has 22 heteroatoms. The van der Waals surface area contributed by atoms with E-state index in [2.05, 4.69) is 53.2 Å². The number of nitrogens with one attached hydrogen (secondary N) is 10. The molecule has 0 bridgehead atoms. The molecular formula is C31H47N11O11. The van der Waals surface area contributed by atoms with Gasteiger partial charge < -0.3 is 58.1 Å². The quantitative estimate of drug-likeness (QED) is 0.111. The predicted octanol–water partition coefficient (Wildman–Crippen LogP) is -6.75. The summed E-state index contributed by atoms with van der Waals surface area (Å²) in [5.74, 6) is -7.24. The highest BCUT2D eigenvalue weighted by Gasteiger charge is 2.44. The Morgan fingerprint density at radius 1 is 0.453 bits per heavy atom. The Kier molecular flexibility index (Phi) is 16.4. The van der Waals surface area contributed by atoms with Crippen molar-refractivity contribution in [2.75, 3.05) is 65.4 Å². The number of rotatable bonds is 0.